The average molecular weight is 1070 g/mol. The first kappa shape index (κ1) is 42.0. The van der Waals surface area contributed by atoms with Crippen LogP contribution in [0.4, 0.5) is 0 Å². The van der Waals surface area contributed by atoms with Gasteiger partial charge in [0.15, 0.2) is 0 Å². The zero-order valence-electron chi connectivity index (χ0n) is 31.7. The number of hydrogen-bond acceptors (Lipinski definition) is 5. The number of halogens is 6. The molecule has 0 spiro atoms. The van der Waals surface area contributed by atoms with Crippen molar-refractivity contribution in [1.82, 2.24) is 20.2 Å². The Labute approximate surface area is 379 Å². The number of carbonyl (C=O) groups excluding carboxylic acids is 2. The number of Topliss-reactive ketones (excluding diaryl/α,β-unsaturated/α-hetero) is 1. The van der Waals surface area contributed by atoms with Gasteiger partial charge >= 0.3 is 0 Å². The van der Waals surface area contributed by atoms with E-state index in [0.717, 1.165) is 98.3 Å². The van der Waals surface area contributed by atoms with Crippen molar-refractivity contribution in [1.29, 1.82) is 0 Å². The van der Waals surface area contributed by atoms with Gasteiger partial charge in [0.05, 0.1) is 11.4 Å². The van der Waals surface area contributed by atoms with Crippen molar-refractivity contribution in [3.63, 3.8) is 0 Å². The second kappa shape index (κ2) is 18.5. The van der Waals surface area contributed by atoms with Crippen LogP contribution in [0.25, 0.3) is 0 Å². The fraction of sp³-hybridized carbons (Fsp3) is 0.467. The van der Waals surface area contributed by atoms with Crippen LogP contribution in [-0.4, -0.2) is 52.7 Å². The number of carbonyl (C=O) groups is 2. The zero-order chi connectivity index (χ0) is 39.8. The normalized spacial score (nSPS) is 21.6. The minimum atomic E-state index is 0.0221. The molecule has 57 heavy (non-hydrogen) atoms. The molecule has 300 valence electrons. The van der Waals surface area contributed by atoms with Gasteiger partial charge in [-0.15, -0.1) is 0 Å². The fourth-order valence-corrected chi connectivity index (χ4v) is 13.1. The summed E-state index contributed by atoms with van der Waals surface area (Å²) in [6, 6.07) is 12.8. The lowest BCUT2D eigenvalue weighted by atomic mass is 9.76. The molecule has 9 rings (SSSR count). The Kier molecular flexibility index (Phi) is 13.7. The van der Waals surface area contributed by atoms with E-state index in [1.165, 1.54) is 51.9 Å². The third kappa shape index (κ3) is 9.33. The SMILES string of the molecule is Clc1cc(Br)c2c(c1)CCc1cc(Br)cnc1[C@@H]2C1CCNCC1.O=C1CCC(C(=O)N2CCC([C@H]3c4ncc(Br)cc4CCc4cc(Cl)cc(Br)c43)CC2)CC1. The van der Waals surface area contributed by atoms with Crippen LogP contribution in [0.15, 0.2) is 66.7 Å². The quantitative estimate of drug-likeness (QED) is 0.221. The van der Waals surface area contributed by atoms with Crippen LogP contribution < -0.4 is 5.32 Å². The molecule has 2 aliphatic heterocycles. The molecule has 5 aliphatic rings. The largest absolute Gasteiger partial charge is 0.342 e. The van der Waals surface area contributed by atoms with E-state index in [4.69, 9.17) is 33.2 Å². The van der Waals surface area contributed by atoms with Crippen LogP contribution in [0, 0.1) is 17.8 Å². The summed E-state index contributed by atoms with van der Waals surface area (Å²) in [6.07, 6.45) is 14.6. The number of aromatic nitrogens is 2. The molecule has 0 bridgehead atoms. The van der Waals surface area contributed by atoms with Crippen molar-refractivity contribution in [2.75, 3.05) is 26.2 Å². The Morgan fingerprint density at radius 2 is 1.07 bits per heavy atom. The second-order valence-electron chi connectivity index (χ2n) is 16.3. The average Bonchev–Trinajstić information content (AvgIpc) is 3.46. The van der Waals surface area contributed by atoms with Crippen molar-refractivity contribution >= 4 is 98.6 Å². The van der Waals surface area contributed by atoms with Gasteiger partial charge in [0.2, 0.25) is 5.91 Å². The van der Waals surface area contributed by atoms with Crippen molar-refractivity contribution in [3.05, 3.63) is 121 Å². The van der Waals surface area contributed by atoms with E-state index in [9.17, 15) is 9.59 Å². The fourth-order valence-electron chi connectivity index (χ4n) is 10.1. The van der Waals surface area contributed by atoms with E-state index in [1.807, 2.05) is 29.4 Å². The van der Waals surface area contributed by atoms with E-state index in [2.05, 4.69) is 93.3 Å². The molecule has 4 aromatic rings. The first-order chi connectivity index (χ1) is 27.5. The molecular weight excluding hydrogens is 1020 g/mol. The predicted octanol–water partition coefficient (Wildman–Crippen LogP) is 12.0. The van der Waals surface area contributed by atoms with E-state index in [-0.39, 0.29) is 17.7 Å². The van der Waals surface area contributed by atoms with Crippen LogP contribution in [0.3, 0.4) is 0 Å². The molecule has 0 unspecified atom stereocenters. The maximum atomic E-state index is 13.1. The third-order valence-electron chi connectivity index (χ3n) is 12.9. The summed E-state index contributed by atoms with van der Waals surface area (Å²) >= 11 is 27.6. The van der Waals surface area contributed by atoms with Crippen LogP contribution in [0.1, 0.15) is 108 Å². The summed E-state index contributed by atoms with van der Waals surface area (Å²) in [6.45, 7) is 3.73. The van der Waals surface area contributed by atoms with Gasteiger partial charge in [0, 0.05) is 84.0 Å². The molecule has 2 aromatic carbocycles. The number of amides is 1. The summed E-state index contributed by atoms with van der Waals surface area (Å²) in [5.74, 6) is 2.12. The molecule has 4 heterocycles. The molecule has 2 atom stereocenters. The topological polar surface area (TPSA) is 75.2 Å². The highest BCUT2D eigenvalue weighted by Crippen LogP contribution is 2.48. The summed E-state index contributed by atoms with van der Waals surface area (Å²) in [4.78, 5) is 36.5. The Hall–Kier alpha value is -1.66. The Balaban J connectivity index is 0.000000168. The molecule has 12 heteroatoms. The minimum absolute atomic E-state index is 0.0221. The number of nitrogens with one attached hydrogen (secondary N) is 1. The molecule has 6 nitrogen and oxygen atoms in total. The molecule has 2 aromatic heterocycles. The third-order valence-corrected chi connectivity index (χ3v) is 15.5. The number of nitrogens with zero attached hydrogens (tertiary/aromatic N) is 3. The lowest BCUT2D eigenvalue weighted by Crippen LogP contribution is -2.43. The maximum Gasteiger partial charge on any atom is 0.225 e. The first-order valence-electron chi connectivity index (χ1n) is 20.3. The van der Waals surface area contributed by atoms with Crippen LogP contribution in [0.2, 0.25) is 10.0 Å². The minimum Gasteiger partial charge on any atom is -0.342 e. The lowest BCUT2D eigenvalue weighted by Gasteiger charge is -2.38. The number of fused-ring (bicyclic) bond motifs is 4. The number of pyridine rings is 2. The molecule has 3 aliphatic carbocycles. The molecule has 1 N–H and O–H groups in total. The summed E-state index contributed by atoms with van der Waals surface area (Å²) in [7, 11) is 0. The Morgan fingerprint density at radius 1 is 0.614 bits per heavy atom. The first-order valence-corrected chi connectivity index (χ1v) is 24.2. The summed E-state index contributed by atoms with van der Waals surface area (Å²) in [5, 5.41) is 5.05. The maximum absolute atomic E-state index is 13.1. The number of aryl methyl sites for hydroxylation is 4. The van der Waals surface area contributed by atoms with Crippen LogP contribution >= 0.6 is 86.9 Å². The number of piperidine rings is 2. The van der Waals surface area contributed by atoms with Crippen molar-refractivity contribution in [3.8, 4) is 0 Å². The van der Waals surface area contributed by atoms with Gasteiger partial charge in [-0.3, -0.25) is 19.6 Å². The molecule has 1 amide bonds. The summed E-state index contributed by atoms with van der Waals surface area (Å²) in [5.41, 5.74) is 10.4. The monoisotopic (exact) mass is 1060 g/mol. The van der Waals surface area contributed by atoms with Gasteiger partial charge < -0.3 is 10.2 Å². The number of hydrogen-bond donors (Lipinski definition) is 1. The molecule has 1 saturated carbocycles. The van der Waals surface area contributed by atoms with Crippen molar-refractivity contribution < 1.29 is 9.59 Å². The second-order valence-corrected chi connectivity index (χ2v) is 20.7. The van der Waals surface area contributed by atoms with Crippen LogP contribution in [0.5, 0.6) is 0 Å². The molecular formula is C45H46Br4Cl2N4O2. The van der Waals surface area contributed by atoms with E-state index in [0.29, 0.717) is 49.2 Å². The lowest BCUT2D eigenvalue weighted by molar-refractivity contribution is -0.139. The number of likely N-dealkylation sites (tertiary alicyclic amines) is 1. The van der Waals surface area contributed by atoms with Crippen molar-refractivity contribution in [2.45, 2.75) is 88.9 Å². The van der Waals surface area contributed by atoms with Gasteiger partial charge in [0.1, 0.15) is 5.78 Å². The van der Waals surface area contributed by atoms with E-state index < -0.39 is 0 Å². The van der Waals surface area contributed by atoms with E-state index in [1.54, 1.807) is 0 Å². The molecule has 0 radical (unpaired) electrons. The highest BCUT2D eigenvalue weighted by atomic mass is 79.9. The molecule has 2 saturated heterocycles. The number of rotatable bonds is 3. The Bertz CT molecular complexity index is 2160. The smallest absolute Gasteiger partial charge is 0.225 e. The van der Waals surface area contributed by atoms with Gasteiger partial charge in [-0.2, -0.15) is 0 Å². The van der Waals surface area contributed by atoms with Gasteiger partial charge in [-0.05, 0) is 191 Å². The van der Waals surface area contributed by atoms with Crippen molar-refractivity contribution in [2.24, 2.45) is 17.8 Å². The summed E-state index contributed by atoms with van der Waals surface area (Å²) < 4.78 is 4.26. The Morgan fingerprint density at radius 3 is 1.56 bits per heavy atom. The van der Waals surface area contributed by atoms with Gasteiger partial charge in [-0.25, -0.2) is 0 Å². The number of benzene rings is 2. The predicted molar refractivity (Wildman–Crippen MR) is 243 cm³/mol. The standard InChI is InChI=1S/C26H27Br2ClN2O2.C19H19Br2ClN2/c27-19-11-18-2-1-17-12-20(29)13-22(28)23(17)24(25(18)30-14-19)15-7-9-31(10-8-15)26(33)16-3-5-21(32)6-4-16;20-14-7-13-2-1-12-8-15(22)9-16(21)17(12)18(19(13)24-10-14)11-3-5-23-6-4-11/h11-16,24H,1-10H2;7-11,18,23H,1-6H2/t24-;18-/m11/s1. The van der Waals surface area contributed by atoms with Gasteiger partial charge in [0.25, 0.3) is 0 Å². The molecule has 3 fully saturated rings. The van der Waals surface area contributed by atoms with Gasteiger partial charge in [-0.1, -0.05) is 55.1 Å². The highest BCUT2D eigenvalue weighted by molar-refractivity contribution is 9.11. The number of ketones is 1. The zero-order valence-corrected chi connectivity index (χ0v) is 39.6. The van der Waals surface area contributed by atoms with Crippen LogP contribution in [-0.2, 0) is 35.3 Å². The van der Waals surface area contributed by atoms with E-state index >= 15 is 0 Å². The highest BCUT2D eigenvalue weighted by Gasteiger charge is 2.38.